The van der Waals surface area contributed by atoms with E-state index in [1.54, 1.807) is 0 Å². The van der Waals surface area contributed by atoms with Crippen molar-refractivity contribution in [2.75, 3.05) is 26.3 Å². The summed E-state index contributed by atoms with van der Waals surface area (Å²) in [5.41, 5.74) is 0. The van der Waals surface area contributed by atoms with Crippen molar-refractivity contribution in [2.45, 2.75) is 33.1 Å². The normalized spacial score (nSPS) is 24.7. The highest BCUT2D eigenvalue weighted by Crippen LogP contribution is 2.14. The first kappa shape index (κ1) is 11.0. The van der Waals surface area contributed by atoms with E-state index in [0.717, 1.165) is 31.6 Å². The lowest BCUT2D eigenvalue weighted by atomic mass is 10.0. The topological polar surface area (TPSA) is 21.3 Å². The Kier molecular flexibility index (Phi) is 5.40. The maximum Gasteiger partial charge on any atom is 0.0469 e. The minimum absolute atomic E-state index is 0.766. The number of nitrogens with one attached hydrogen (secondary N) is 1. The van der Waals surface area contributed by atoms with Gasteiger partial charge in [0.1, 0.15) is 0 Å². The SMILES string of the molecule is CC(C)CNCC1CCCOCC1. The molecule has 0 aromatic heterocycles. The Morgan fingerprint density at radius 2 is 2.15 bits per heavy atom. The fraction of sp³-hybridized carbons (Fsp3) is 1.00. The first-order valence-electron chi connectivity index (χ1n) is 5.57. The van der Waals surface area contributed by atoms with Gasteiger partial charge in [0.15, 0.2) is 0 Å². The van der Waals surface area contributed by atoms with Crippen LogP contribution in [0.2, 0.25) is 0 Å². The van der Waals surface area contributed by atoms with Crippen LogP contribution in [0.5, 0.6) is 0 Å². The van der Waals surface area contributed by atoms with Crippen LogP contribution in [0.4, 0.5) is 0 Å². The lowest BCUT2D eigenvalue weighted by Gasteiger charge is -2.15. The second kappa shape index (κ2) is 6.39. The summed E-state index contributed by atoms with van der Waals surface area (Å²) in [6.45, 7) is 8.78. The third-order valence-electron chi connectivity index (χ3n) is 2.56. The highest BCUT2D eigenvalue weighted by Gasteiger charge is 2.11. The Morgan fingerprint density at radius 3 is 2.92 bits per heavy atom. The fourth-order valence-corrected chi connectivity index (χ4v) is 1.75. The maximum absolute atomic E-state index is 5.42. The Bertz CT molecular complexity index is 117. The number of rotatable bonds is 4. The molecule has 0 aromatic carbocycles. The van der Waals surface area contributed by atoms with Crippen LogP contribution < -0.4 is 5.32 Å². The molecule has 1 rings (SSSR count). The van der Waals surface area contributed by atoms with Gasteiger partial charge in [-0.05, 0) is 44.2 Å². The summed E-state index contributed by atoms with van der Waals surface area (Å²) >= 11 is 0. The lowest BCUT2D eigenvalue weighted by Crippen LogP contribution is -2.26. The first-order valence-corrected chi connectivity index (χ1v) is 5.57. The molecule has 13 heavy (non-hydrogen) atoms. The van der Waals surface area contributed by atoms with E-state index >= 15 is 0 Å². The highest BCUT2D eigenvalue weighted by molar-refractivity contribution is 4.65. The molecule has 78 valence electrons. The van der Waals surface area contributed by atoms with Crippen molar-refractivity contribution in [1.29, 1.82) is 0 Å². The van der Waals surface area contributed by atoms with Crippen molar-refractivity contribution >= 4 is 0 Å². The van der Waals surface area contributed by atoms with E-state index in [2.05, 4.69) is 19.2 Å². The van der Waals surface area contributed by atoms with Gasteiger partial charge >= 0.3 is 0 Å². The van der Waals surface area contributed by atoms with Gasteiger partial charge in [0.25, 0.3) is 0 Å². The number of hydrogen-bond acceptors (Lipinski definition) is 2. The van der Waals surface area contributed by atoms with Gasteiger partial charge in [-0.25, -0.2) is 0 Å². The van der Waals surface area contributed by atoms with Crippen LogP contribution in [0.1, 0.15) is 33.1 Å². The van der Waals surface area contributed by atoms with E-state index < -0.39 is 0 Å². The van der Waals surface area contributed by atoms with Crippen molar-refractivity contribution in [3.8, 4) is 0 Å². The minimum atomic E-state index is 0.766. The van der Waals surface area contributed by atoms with Crippen LogP contribution in [-0.4, -0.2) is 26.3 Å². The molecule has 1 aliphatic rings. The zero-order valence-corrected chi connectivity index (χ0v) is 9.01. The van der Waals surface area contributed by atoms with Crippen LogP contribution in [-0.2, 0) is 4.74 Å². The van der Waals surface area contributed by atoms with E-state index in [-0.39, 0.29) is 0 Å². The molecule has 1 N–H and O–H groups in total. The summed E-state index contributed by atoms with van der Waals surface area (Å²) in [5.74, 6) is 1.61. The van der Waals surface area contributed by atoms with Crippen molar-refractivity contribution in [2.24, 2.45) is 11.8 Å². The summed E-state index contributed by atoms with van der Waals surface area (Å²) < 4.78 is 5.42. The molecule has 1 unspecified atom stereocenters. The fourth-order valence-electron chi connectivity index (χ4n) is 1.75. The number of ether oxygens (including phenoxy) is 1. The van der Waals surface area contributed by atoms with Gasteiger partial charge in [-0.1, -0.05) is 13.8 Å². The van der Waals surface area contributed by atoms with Crippen LogP contribution in [0.25, 0.3) is 0 Å². The quantitative estimate of drug-likeness (QED) is 0.724. The molecular formula is C11H23NO. The molecule has 1 aliphatic heterocycles. The third-order valence-corrected chi connectivity index (χ3v) is 2.56. The summed E-state index contributed by atoms with van der Waals surface area (Å²) in [6, 6.07) is 0. The van der Waals surface area contributed by atoms with Gasteiger partial charge < -0.3 is 10.1 Å². The Labute approximate surface area is 82.0 Å². The van der Waals surface area contributed by atoms with Gasteiger partial charge in [0.05, 0.1) is 0 Å². The molecule has 1 heterocycles. The van der Waals surface area contributed by atoms with Gasteiger partial charge in [0, 0.05) is 13.2 Å². The minimum Gasteiger partial charge on any atom is -0.381 e. The highest BCUT2D eigenvalue weighted by atomic mass is 16.5. The molecule has 0 saturated carbocycles. The molecule has 0 radical (unpaired) electrons. The Hall–Kier alpha value is -0.0800. The standard InChI is InChI=1S/C11H23NO/c1-10(2)8-12-9-11-4-3-6-13-7-5-11/h10-12H,3-9H2,1-2H3. The zero-order valence-electron chi connectivity index (χ0n) is 9.01. The van der Waals surface area contributed by atoms with E-state index in [1.807, 2.05) is 0 Å². The molecule has 0 aliphatic carbocycles. The lowest BCUT2D eigenvalue weighted by molar-refractivity contribution is 0.141. The largest absolute Gasteiger partial charge is 0.381 e. The Balaban J connectivity index is 2.05. The molecule has 1 saturated heterocycles. The van der Waals surface area contributed by atoms with Crippen LogP contribution in [0.3, 0.4) is 0 Å². The zero-order chi connectivity index (χ0) is 9.52. The van der Waals surface area contributed by atoms with Crippen molar-refractivity contribution in [3.63, 3.8) is 0 Å². The molecule has 0 aromatic rings. The molecule has 0 bridgehead atoms. The second-order valence-corrected chi connectivity index (χ2v) is 4.46. The van der Waals surface area contributed by atoms with Gasteiger partial charge in [-0.3, -0.25) is 0 Å². The predicted octanol–water partition coefficient (Wildman–Crippen LogP) is 2.05. The average Bonchev–Trinajstić information content (AvgIpc) is 2.32. The van der Waals surface area contributed by atoms with E-state index in [9.17, 15) is 0 Å². The predicted molar refractivity (Wildman–Crippen MR) is 55.9 cm³/mol. The van der Waals surface area contributed by atoms with Gasteiger partial charge in [-0.2, -0.15) is 0 Å². The molecule has 2 heteroatoms. The average molecular weight is 185 g/mol. The maximum atomic E-state index is 5.42. The van der Waals surface area contributed by atoms with E-state index in [0.29, 0.717) is 0 Å². The van der Waals surface area contributed by atoms with Gasteiger partial charge in [-0.15, -0.1) is 0 Å². The summed E-state index contributed by atoms with van der Waals surface area (Å²) in [4.78, 5) is 0. The smallest absolute Gasteiger partial charge is 0.0469 e. The Morgan fingerprint density at radius 1 is 1.31 bits per heavy atom. The van der Waals surface area contributed by atoms with Crippen LogP contribution in [0.15, 0.2) is 0 Å². The first-order chi connectivity index (χ1) is 6.29. The molecule has 2 nitrogen and oxygen atoms in total. The third kappa shape index (κ3) is 5.27. The van der Waals surface area contributed by atoms with Crippen molar-refractivity contribution in [1.82, 2.24) is 5.32 Å². The van der Waals surface area contributed by atoms with Crippen molar-refractivity contribution in [3.05, 3.63) is 0 Å². The van der Waals surface area contributed by atoms with Crippen LogP contribution >= 0.6 is 0 Å². The molecule has 1 atom stereocenters. The summed E-state index contributed by atoms with van der Waals surface area (Å²) in [5, 5.41) is 3.53. The van der Waals surface area contributed by atoms with Crippen molar-refractivity contribution < 1.29 is 4.74 Å². The summed E-state index contributed by atoms with van der Waals surface area (Å²) in [7, 11) is 0. The molecule has 0 amide bonds. The monoisotopic (exact) mass is 185 g/mol. The summed E-state index contributed by atoms with van der Waals surface area (Å²) in [6.07, 6.45) is 3.82. The number of hydrogen-bond donors (Lipinski definition) is 1. The van der Waals surface area contributed by atoms with Crippen LogP contribution in [0, 0.1) is 11.8 Å². The van der Waals surface area contributed by atoms with E-state index in [4.69, 9.17) is 4.74 Å². The molecule has 0 spiro atoms. The van der Waals surface area contributed by atoms with E-state index in [1.165, 1.54) is 25.8 Å². The molecular weight excluding hydrogens is 162 g/mol. The second-order valence-electron chi connectivity index (χ2n) is 4.46. The van der Waals surface area contributed by atoms with Gasteiger partial charge in [0.2, 0.25) is 0 Å². The molecule has 1 fully saturated rings.